The molecule has 3 rings (SSSR count). The molecule has 2 N–H and O–H groups in total. The first kappa shape index (κ1) is 13.4. The van der Waals surface area contributed by atoms with Gasteiger partial charge in [-0.1, -0.05) is 0 Å². The molecule has 0 amide bonds. The van der Waals surface area contributed by atoms with E-state index >= 15 is 0 Å². The van der Waals surface area contributed by atoms with Gasteiger partial charge in [0.1, 0.15) is 10.5 Å². The second-order valence-corrected chi connectivity index (χ2v) is 5.15. The Morgan fingerprint density at radius 2 is 2.19 bits per heavy atom. The van der Waals surface area contributed by atoms with Gasteiger partial charge in [-0.05, 0) is 36.0 Å². The third kappa shape index (κ3) is 2.82. The maximum atomic E-state index is 11.5. The lowest BCUT2D eigenvalue weighted by Gasteiger charge is -2.00. The van der Waals surface area contributed by atoms with E-state index in [1.807, 2.05) is 0 Å². The van der Waals surface area contributed by atoms with Gasteiger partial charge in [-0.2, -0.15) is 0 Å². The molecule has 0 unspecified atom stereocenters. The summed E-state index contributed by atoms with van der Waals surface area (Å²) < 4.78 is 10.3. The maximum absolute atomic E-state index is 11.5. The molecule has 0 bridgehead atoms. The number of fused-ring (bicyclic) bond motifs is 1. The fraction of sp³-hybridized carbons (Fsp3) is 0.0714. The lowest BCUT2D eigenvalue weighted by atomic mass is 10.3. The Balaban J connectivity index is 1.89. The van der Waals surface area contributed by atoms with Gasteiger partial charge in [0.25, 0.3) is 5.22 Å². The zero-order chi connectivity index (χ0) is 14.8. The van der Waals surface area contributed by atoms with Gasteiger partial charge in [0.15, 0.2) is 5.58 Å². The number of esters is 1. The highest BCUT2D eigenvalue weighted by atomic mass is 32.2. The van der Waals surface area contributed by atoms with Crippen molar-refractivity contribution in [2.45, 2.75) is 10.2 Å². The first-order chi connectivity index (χ1) is 10.2. The molecule has 106 valence electrons. The minimum Gasteiger partial charge on any atom is -0.465 e. The van der Waals surface area contributed by atoms with Crippen molar-refractivity contribution in [2.75, 3.05) is 12.8 Å². The van der Waals surface area contributed by atoms with Gasteiger partial charge in [0.05, 0.1) is 12.7 Å². The molecule has 2 heterocycles. The largest absolute Gasteiger partial charge is 0.465 e. The van der Waals surface area contributed by atoms with Crippen molar-refractivity contribution in [3.05, 3.63) is 42.1 Å². The maximum Gasteiger partial charge on any atom is 0.337 e. The Hall–Kier alpha value is -2.54. The van der Waals surface area contributed by atoms with Crippen LogP contribution in [0.2, 0.25) is 0 Å². The Kier molecular flexibility index (Phi) is 3.49. The number of nitrogens with zero attached hydrogens (tertiary/aromatic N) is 2. The molecule has 0 fully saturated rings. The number of carbonyl (C=O) groups excluding carboxylic acids is 1. The van der Waals surface area contributed by atoms with Crippen LogP contribution in [0.3, 0.4) is 0 Å². The third-order valence-electron chi connectivity index (χ3n) is 2.74. The van der Waals surface area contributed by atoms with Crippen LogP contribution in [0.25, 0.3) is 11.1 Å². The van der Waals surface area contributed by atoms with E-state index in [0.717, 1.165) is 5.52 Å². The molecule has 1 aromatic carbocycles. The summed E-state index contributed by atoms with van der Waals surface area (Å²) in [6.07, 6.45) is 1.54. The first-order valence-corrected chi connectivity index (χ1v) is 6.85. The molecule has 0 aliphatic carbocycles. The minimum atomic E-state index is -0.412. The summed E-state index contributed by atoms with van der Waals surface area (Å²) in [5.41, 5.74) is 8.07. The van der Waals surface area contributed by atoms with E-state index in [1.165, 1.54) is 25.1 Å². The summed E-state index contributed by atoms with van der Waals surface area (Å²) in [4.78, 5) is 20.0. The highest BCUT2D eigenvalue weighted by molar-refractivity contribution is 7.99. The summed E-state index contributed by atoms with van der Waals surface area (Å²) in [6.45, 7) is 0. The van der Waals surface area contributed by atoms with Crippen LogP contribution in [-0.2, 0) is 4.74 Å². The number of nitrogen functional groups attached to an aromatic ring is 1. The summed E-state index contributed by atoms with van der Waals surface area (Å²) in [7, 11) is 1.33. The Morgan fingerprint density at radius 3 is 3.00 bits per heavy atom. The van der Waals surface area contributed by atoms with E-state index in [9.17, 15) is 4.79 Å². The van der Waals surface area contributed by atoms with Crippen molar-refractivity contribution in [3.8, 4) is 0 Å². The molecule has 21 heavy (non-hydrogen) atoms. The first-order valence-electron chi connectivity index (χ1n) is 6.04. The number of hydrogen-bond acceptors (Lipinski definition) is 7. The molecule has 2 aromatic heterocycles. The standard InChI is InChI=1S/C14H11N3O3S/c1-19-13(18)8-4-5-16-12(6-8)21-14-17-10-3-2-9(15)7-11(10)20-14/h2-7H,15H2,1H3. The highest BCUT2D eigenvalue weighted by Crippen LogP contribution is 2.29. The third-order valence-corrected chi connectivity index (χ3v) is 3.52. The van der Waals surface area contributed by atoms with Crippen LogP contribution in [0.5, 0.6) is 0 Å². The summed E-state index contributed by atoms with van der Waals surface area (Å²) in [5.74, 6) is -0.412. The van der Waals surface area contributed by atoms with Crippen molar-refractivity contribution in [2.24, 2.45) is 0 Å². The van der Waals surface area contributed by atoms with E-state index in [4.69, 9.17) is 10.2 Å². The summed E-state index contributed by atoms with van der Waals surface area (Å²) in [6, 6.07) is 8.47. The van der Waals surface area contributed by atoms with Crippen LogP contribution in [-0.4, -0.2) is 23.0 Å². The molecule has 0 saturated heterocycles. The lowest BCUT2D eigenvalue weighted by Crippen LogP contribution is -2.01. The van der Waals surface area contributed by atoms with E-state index in [1.54, 1.807) is 30.3 Å². The van der Waals surface area contributed by atoms with Crippen molar-refractivity contribution in [1.82, 2.24) is 9.97 Å². The van der Waals surface area contributed by atoms with E-state index in [2.05, 4.69) is 14.7 Å². The molecule has 6 nitrogen and oxygen atoms in total. The number of carbonyl (C=O) groups is 1. The number of methoxy groups -OCH3 is 1. The fourth-order valence-corrected chi connectivity index (χ4v) is 2.52. The highest BCUT2D eigenvalue weighted by Gasteiger charge is 2.11. The fourth-order valence-electron chi connectivity index (χ4n) is 1.76. The number of aromatic nitrogens is 2. The number of benzene rings is 1. The normalized spacial score (nSPS) is 10.7. The van der Waals surface area contributed by atoms with Crippen molar-refractivity contribution >= 4 is 34.5 Å². The molecule has 0 aliphatic heterocycles. The van der Waals surface area contributed by atoms with Crippen molar-refractivity contribution < 1.29 is 13.9 Å². The average Bonchev–Trinajstić information content (AvgIpc) is 2.88. The van der Waals surface area contributed by atoms with Gasteiger partial charge >= 0.3 is 5.97 Å². The number of nitrogens with two attached hydrogens (primary N) is 1. The van der Waals surface area contributed by atoms with Gasteiger partial charge in [-0.25, -0.2) is 14.8 Å². The molecule has 0 spiro atoms. The number of ether oxygens (including phenoxy) is 1. The van der Waals surface area contributed by atoms with Crippen LogP contribution in [0, 0.1) is 0 Å². The minimum absolute atomic E-state index is 0.412. The smallest absolute Gasteiger partial charge is 0.337 e. The zero-order valence-corrected chi connectivity index (χ0v) is 11.9. The molecule has 7 heteroatoms. The Morgan fingerprint density at radius 1 is 1.33 bits per heavy atom. The summed E-state index contributed by atoms with van der Waals surface area (Å²) >= 11 is 1.22. The van der Waals surface area contributed by atoms with Gasteiger partial charge < -0.3 is 14.9 Å². The molecule has 0 aliphatic rings. The van der Waals surface area contributed by atoms with Crippen LogP contribution in [0.1, 0.15) is 10.4 Å². The molecule has 0 atom stereocenters. The Labute approximate surface area is 124 Å². The number of rotatable bonds is 3. The number of hydrogen-bond donors (Lipinski definition) is 1. The predicted molar refractivity (Wildman–Crippen MR) is 78.1 cm³/mol. The average molecular weight is 301 g/mol. The molecular weight excluding hydrogens is 290 g/mol. The molecular formula is C14H11N3O3S. The monoisotopic (exact) mass is 301 g/mol. The van der Waals surface area contributed by atoms with Gasteiger partial charge in [0.2, 0.25) is 0 Å². The SMILES string of the molecule is COC(=O)c1ccnc(Sc2nc3ccc(N)cc3o2)c1. The quantitative estimate of drug-likeness (QED) is 0.587. The van der Waals surface area contributed by atoms with Crippen LogP contribution in [0.4, 0.5) is 5.69 Å². The Bertz CT molecular complexity index is 816. The van der Waals surface area contributed by atoms with Gasteiger partial charge in [0, 0.05) is 18.0 Å². The van der Waals surface area contributed by atoms with Crippen LogP contribution >= 0.6 is 11.8 Å². The summed E-state index contributed by atoms with van der Waals surface area (Å²) in [5, 5.41) is 1.03. The van der Waals surface area contributed by atoms with Gasteiger partial charge in [-0.3, -0.25) is 0 Å². The molecule has 3 aromatic rings. The molecule has 0 radical (unpaired) electrons. The van der Waals surface area contributed by atoms with Crippen molar-refractivity contribution in [1.29, 1.82) is 0 Å². The predicted octanol–water partition coefficient (Wildman–Crippen LogP) is 2.74. The van der Waals surface area contributed by atoms with E-state index in [-0.39, 0.29) is 0 Å². The van der Waals surface area contributed by atoms with Crippen LogP contribution < -0.4 is 5.73 Å². The second-order valence-electron chi connectivity index (χ2n) is 4.18. The van der Waals surface area contributed by atoms with E-state index in [0.29, 0.717) is 27.1 Å². The van der Waals surface area contributed by atoms with Gasteiger partial charge in [-0.15, -0.1) is 0 Å². The topological polar surface area (TPSA) is 91.2 Å². The number of anilines is 1. The zero-order valence-electron chi connectivity index (χ0n) is 11.1. The van der Waals surface area contributed by atoms with Crippen molar-refractivity contribution in [3.63, 3.8) is 0 Å². The lowest BCUT2D eigenvalue weighted by molar-refractivity contribution is 0.0600. The number of oxazole rings is 1. The molecule has 0 saturated carbocycles. The number of pyridine rings is 1. The second kappa shape index (κ2) is 5.45. The van der Waals surface area contributed by atoms with Crippen LogP contribution in [0.15, 0.2) is 51.2 Å². The van der Waals surface area contributed by atoms with E-state index < -0.39 is 5.97 Å².